The molecule has 4 rings (SSSR count). The molecule has 4 heteroatoms. The van der Waals surface area contributed by atoms with Crippen molar-refractivity contribution in [2.75, 3.05) is 0 Å². The molecule has 2 aliphatic carbocycles. The third-order valence-electron chi connectivity index (χ3n) is 4.64. The van der Waals surface area contributed by atoms with E-state index in [4.69, 9.17) is 14.6 Å². The summed E-state index contributed by atoms with van der Waals surface area (Å²) in [7, 11) is 0. The molecular formula is C22H26O4. The standard InChI is InChI=1S/C11H14O2.C11H12O2/c2*12-10-6-11(7-10)13-8-9-4-2-1-3-5-9/h1-5,10-12H,6-8H2;1-5,11H,6-8H2. The van der Waals surface area contributed by atoms with Crippen molar-refractivity contribution in [1.82, 2.24) is 0 Å². The second kappa shape index (κ2) is 9.62. The van der Waals surface area contributed by atoms with E-state index >= 15 is 0 Å². The Morgan fingerprint density at radius 1 is 0.769 bits per heavy atom. The lowest BCUT2D eigenvalue weighted by molar-refractivity contribution is -0.135. The Bertz CT molecular complexity index is 657. The van der Waals surface area contributed by atoms with Crippen molar-refractivity contribution in [3.8, 4) is 0 Å². The van der Waals surface area contributed by atoms with Crippen LogP contribution in [-0.2, 0) is 27.5 Å². The highest BCUT2D eigenvalue weighted by Crippen LogP contribution is 2.23. The molecule has 2 aromatic carbocycles. The SMILES string of the molecule is O=C1CC(OCc2ccccc2)C1.OC1CC(OCc2ccccc2)C1. The minimum absolute atomic E-state index is 0.124. The lowest BCUT2D eigenvalue weighted by Crippen LogP contribution is -2.35. The third-order valence-corrected chi connectivity index (χ3v) is 4.64. The highest BCUT2D eigenvalue weighted by atomic mass is 16.5. The first-order valence-corrected chi connectivity index (χ1v) is 9.20. The maximum absolute atomic E-state index is 10.6. The highest BCUT2D eigenvalue weighted by molar-refractivity contribution is 5.85. The van der Waals surface area contributed by atoms with E-state index in [0.29, 0.717) is 31.8 Å². The smallest absolute Gasteiger partial charge is 0.138 e. The van der Waals surface area contributed by atoms with Gasteiger partial charge in [-0.05, 0) is 24.0 Å². The van der Waals surface area contributed by atoms with E-state index in [9.17, 15) is 4.79 Å². The van der Waals surface area contributed by atoms with Gasteiger partial charge in [0.25, 0.3) is 0 Å². The first kappa shape index (κ1) is 18.8. The number of hydrogen-bond acceptors (Lipinski definition) is 4. The average Bonchev–Trinajstić information content (AvgIpc) is 2.63. The number of ether oxygens (including phenoxy) is 2. The number of benzene rings is 2. The van der Waals surface area contributed by atoms with Gasteiger partial charge in [0, 0.05) is 12.8 Å². The molecule has 0 amide bonds. The predicted molar refractivity (Wildman–Crippen MR) is 99.5 cm³/mol. The summed E-state index contributed by atoms with van der Waals surface area (Å²) in [6.45, 7) is 1.29. The van der Waals surface area contributed by atoms with Crippen LogP contribution in [-0.4, -0.2) is 29.2 Å². The Kier molecular flexibility index (Phi) is 6.95. The van der Waals surface area contributed by atoms with Crippen LogP contribution >= 0.6 is 0 Å². The zero-order valence-corrected chi connectivity index (χ0v) is 14.9. The van der Waals surface area contributed by atoms with Crippen LogP contribution in [0, 0.1) is 0 Å². The van der Waals surface area contributed by atoms with E-state index in [-0.39, 0.29) is 18.3 Å². The van der Waals surface area contributed by atoms with Gasteiger partial charge in [-0.3, -0.25) is 4.79 Å². The molecule has 0 heterocycles. The van der Waals surface area contributed by atoms with Gasteiger partial charge in [-0.2, -0.15) is 0 Å². The van der Waals surface area contributed by atoms with Gasteiger partial charge in [-0.1, -0.05) is 60.7 Å². The molecule has 0 unspecified atom stereocenters. The summed E-state index contributed by atoms with van der Waals surface area (Å²) in [4.78, 5) is 10.6. The summed E-state index contributed by atoms with van der Waals surface area (Å²) in [6, 6.07) is 20.1. The number of aliphatic hydroxyl groups excluding tert-OH is 1. The van der Waals surface area contributed by atoms with Crippen molar-refractivity contribution < 1.29 is 19.4 Å². The lowest BCUT2D eigenvalue weighted by atomic mass is 9.92. The molecule has 0 saturated heterocycles. The second-order valence-corrected chi connectivity index (χ2v) is 6.91. The Morgan fingerprint density at radius 2 is 1.23 bits per heavy atom. The molecule has 0 spiro atoms. The fraction of sp³-hybridized carbons (Fsp3) is 0.409. The first-order chi connectivity index (χ1) is 12.7. The first-order valence-electron chi connectivity index (χ1n) is 9.20. The van der Waals surface area contributed by atoms with Crippen molar-refractivity contribution >= 4 is 5.78 Å². The summed E-state index contributed by atoms with van der Waals surface area (Å²) in [5.74, 6) is 0.318. The summed E-state index contributed by atoms with van der Waals surface area (Å²) in [6.07, 6.45) is 3.13. The Labute approximate surface area is 154 Å². The van der Waals surface area contributed by atoms with E-state index < -0.39 is 0 Å². The van der Waals surface area contributed by atoms with E-state index in [1.54, 1.807) is 0 Å². The monoisotopic (exact) mass is 354 g/mol. The van der Waals surface area contributed by atoms with Gasteiger partial charge >= 0.3 is 0 Å². The maximum atomic E-state index is 10.6. The topological polar surface area (TPSA) is 55.8 Å². The molecule has 0 bridgehead atoms. The number of hydrogen-bond donors (Lipinski definition) is 1. The molecule has 138 valence electrons. The summed E-state index contributed by atoms with van der Waals surface area (Å²) in [5.41, 5.74) is 2.37. The number of aliphatic hydroxyl groups is 1. The summed E-state index contributed by atoms with van der Waals surface area (Å²) < 4.78 is 11.1. The van der Waals surface area contributed by atoms with Crippen LogP contribution in [0.1, 0.15) is 36.8 Å². The summed E-state index contributed by atoms with van der Waals surface area (Å²) in [5, 5.41) is 9.04. The Balaban J connectivity index is 0.000000151. The third kappa shape index (κ3) is 6.06. The van der Waals surface area contributed by atoms with Crippen LogP contribution in [0.4, 0.5) is 0 Å². The number of ketones is 1. The van der Waals surface area contributed by atoms with Gasteiger partial charge in [0.15, 0.2) is 0 Å². The second-order valence-electron chi connectivity index (χ2n) is 6.91. The molecular weight excluding hydrogens is 328 g/mol. The molecule has 1 N–H and O–H groups in total. The summed E-state index contributed by atoms with van der Waals surface area (Å²) >= 11 is 0. The fourth-order valence-corrected chi connectivity index (χ4v) is 2.82. The normalized spacial score (nSPS) is 22.0. The van der Waals surface area contributed by atoms with Crippen LogP contribution in [0.5, 0.6) is 0 Å². The molecule has 4 nitrogen and oxygen atoms in total. The Morgan fingerprint density at radius 3 is 1.65 bits per heavy atom. The predicted octanol–water partition coefficient (Wildman–Crippen LogP) is 3.66. The minimum atomic E-state index is -0.124. The van der Waals surface area contributed by atoms with E-state index in [1.165, 1.54) is 11.1 Å². The van der Waals surface area contributed by atoms with Gasteiger partial charge < -0.3 is 14.6 Å². The number of rotatable bonds is 6. The molecule has 0 aliphatic heterocycles. The van der Waals surface area contributed by atoms with Crippen molar-refractivity contribution in [3.05, 3.63) is 71.8 Å². The largest absolute Gasteiger partial charge is 0.393 e. The molecule has 0 aromatic heterocycles. The molecule has 2 aromatic rings. The van der Waals surface area contributed by atoms with Crippen LogP contribution in [0.15, 0.2) is 60.7 Å². The van der Waals surface area contributed by atoms with Gasteiger partial charge in [0.1, 0.15) is 5.78 Å². The van der Waals surface area contributed by atoms with Crippen molar-refractivity contribution in [1.29, 1.82) is 0 Å². The highest BCUT2D eigenvalue weighted by Gasteiger charge is 2.27. The zero-order chi connectivity index (χ0) is 18.2. The average molecular weight is 354 g/mol. The number of Topliss-reactive ketones (excluding diaryl/α,β-unsaturated/α-hetero) is 1. The van der Waals surface area contributed by atoms with Gasteiger partial charge in [-0.25, -0.2) is 0 Å². The lowest BCUT2D eigenvalue weighted by Gasteiger charge is -2.31. The van der Waals surface area contributed by atoms with Crippen LogP contribution in [0.25, 0.3) is 0 Å². The van der Waals surface area contributed by atoms with Crippen molar-refractivity contribution in [2.24, 2.45) is 0 Å². The fourth-order valence-electron chi connectivity index (χ4n) is 2.82. The van der Waals surface area contributed by atoms with E-state index in [2.05, 4.69) is 12.1 Å². The molecule has 0 radical (unpaired) electrons. The van der Waals surface area contributed by atoms with Crippen molar-refractivity contribution in [3.63, 3.8) is 0 Å². The van der Waals surface area contributed by atoms with Crippen LogP contribution < -0.4 is 0 Å². The van der Waals surface area contributed by atoms with E-state index in [0.717, 1.165) is 12.8 Å². The zero-order valence-electron chi connectivity index (χ0n) is 14.9. The molecule has 2 fully saturated rings. The number of carbonyl (C=O) groups is 1. The van der Waals surface area contributed by atoms with Crippen molar-refractivity contribution in [2.45, 2.75) is 57.2 Å². The van der Waals surface area contributed by atoms with Crippen LogP contribution in [0.3, 0.4) is 0 Å². The minimum Gasteiger partial charge on any atom is -0.393 e. The van der Waals surface area contributed by atoms with E-state index in [1.807, 2.05) is 48.5 Å². The van der Waals surface area contributed by atoms with Gasteiger partial charge in [-0.15, -0.1) is 0 Å². The maximum Gasteiger partial charge on any atom is 0.138 e. The molecule has 26 heavy (non-hydrogen) atoms. The quantitative estimate of drug-likeness (QED) is 0.860. The molecule has 0 atom stereocenters. The van der Waals surface area contributed by atoms with Gasteiger partial charge in [0.2, 0.25) is 0 Å². The Hall–Kier alpha value is -2.01. The number of carbonyl (C=O) groups excluding carboxylic acids is 1. The molecule has 2 saturated carbocycles. The van der Waals surface area contributed by atoms with Crippen LogP contribution in [0.2, 0.25) is 0 Å². The molecule has 2 aliphatic rings. The van der Waals surface area contributed by atoms with Gasteiger partial charge in [0.05, 0.1) is 31.5 Å².